The Morgan fingerprint density at radius 1 is 0.951 bits per heavy atom. The van der Waals surface area contributed by atoms with Crippen molar-refractivity contribution in [3.05, 3.63) is 72.9 Å². The summed E-state index contributed by atoms with van der Waals surface area (Å²) in [5.74, 6) is 2.22. The molecule has 0 radical (unpaired) electrons. The number of hydrogen-bond donors (Lipinski definition) is 2. The average molecular weight is 552 g/mol. The van der Waals surface area contributed by atoms with E-state index in [-0.39, 0.29) is 6.04 Å². The van der Waals surface area contributed by atoms with Crippen LogP contribution in [0.15, 0.2) is 67.4 Å². The molecule has 0 aliphatic carbocycles. The van der Waals surface area contributed by atoms with Gasteiger partial charge in [-0.05, 0) is 60.7 Å². The molecule has 10 heteroatoms. The van der Waals surface area contributed by atoms with Crippen LogP contribution in [0.2, 0.25) is 0 Å². The molecule has 1 aliphatic heterocycles. The number of methoxy groups -OCH3 is 2. The Morgan fingerprint density at radius 2 is 1.76 bits per heavy atom. The van der Waals surface area contributed by atoms with Gasteiger partial charge in [0.2, 0.25) is 0 Å². The second kappa shape index (κ2) is 11.5. The summed E-state index contributed by atoms with van der Waals surface area (Å²) in [6, 6.07) is 12.0. The predicted octanol–water partition coefficient (Wildman–Crippen LogP) is 4.38. The van der Waals surface area contributed by atoms with E-state index in [0.717, 1.165) is 53.2 Å². The summed E-state index contributed by atoms with van der Waals surface area (Å²) >= 11 is 0. The number of nitrogen functional groups attached to an aromatic ring is 1. The van der Waals surface area contributed by atoms with Crippen molar-refractivity contribution in [3.63, 3.8) is 0 Å². The van der Waals surface area contributed by atoms with Gasteiger partial charge in [-0.2, -0.15) is 0 Å². The summed E-state index contributed by atoms with van der Waals surface area (Å²) in [7, 11) is 3.21. The third-order valence-corrected chi connectivity index (χ3v) is 7.61. The summed E-state index contributed by atoms with van der Waals surface area (Å²) in [6.07, 6.45) is 11.1. The molecule has 6 rings (SSSR count). The van der Waals surface area contributed by atoms with Crippen molar-refractivity contribution >= 4 is 27.5 Å². The normalized spacial score (nSPS) is 16.2. The number of fused-ring (bicyclic) bond motifs is 3. The Bertz CT molecular complexity index is 1680. The fourth-order valence-corrected chi connectivity index (χ4v) is 5.61. The van der Waals surface area contributed by atoms with Crippen LogP contribution in [-0.2, 0) is 0 Å². The quantitative estimate of drug-likeness (QED) is 0.254. The Morgan fingerprint density at radius 3 is 2.56 bits per heavy atom. The molecule has 10 nitrogen and oxygen atoms in total. The van der Waals surface area contributed by atoms with Crippen molar-refractivity contribution < 1.29 is 14.2 Å². The highest BCUT2D eigenvalue weighted by atomic mass is 16.5. The van der Waals surface area contributed by atoms with Gasteiger partial charge in [-0.15, -0.1) is 0 Å². The van der Waals surface area contributed by atoms with Gasteiger partial charge >= 0.3 is 0 Å². The topological polar surface area (TPSA) is 135 Å². The lowest BCUT2D eigenvalue weighted by Gasteiger charge is -2.27. The molecule has 5 heterocycles. The molecule has 41 heavy (non-hydrogen) atoms. The number of ether oxygens (including phenoxy) is 3. The first-order chi connectivity index (χ1) is 20.0. The molecule has 1 unspecified atom stereocenters. The van der Waals surface area contributed by atoms with Crippen molar-refractivity contribution in [1.29, 1.82) is 0 Å². The fraction of sp³-hybridized carbons (Fsp3) is 0.290. The zero-order valence-electron chi connectivity index (χ0n) is 23.2. The number of aromatic nitrogens is 4. The third-order valence-electron chi connectivity index (χ3n) is 7.61. The fourth-order valence-electron chi connectivity index (χ4n) is 5.61. The van der Waals surface area contributed by atoms with Crippen LogP contribution in [0, 0.1) is 0 Å². The van der Waals surface area contributed by atoms with Crippen molar-refractivity contribution in [3.8, 4) is 28.5 Å². The molecule has 1 fully saturated rings. The lowest BCUT2D eigenvalue weighted by atomic mass is 10.0. The number of hydrogen-bond acceptors (Lipinski definition) is 10. The minimum absolute atomic E-state index is 0.152. The molecular weight excluding hydrogens is 518 g/mol. The molecule has 1 saturated heterocycles. The number of anilines is 1. The number of rotatable bonds is 9. The summed E-state index contributed by atoms with van der Waals surface area (Å²) in [6.45, 7) is 2.14. The van der Waals surface area contributed by atoms with Gasteiger partial charge in [0.15, 0.2) is 11.5 Å². The summed E-state index contributed by atoms with van der Waals surface area (Å²) < 4.78 is 17.1. The van der Waals surface area contributed by atoms with Crippen molar-refractivity contribution in [2.45, 2.75) is 24.9 Å². The van der Waals surface area contributed by atoms with Crippen LogP contribution in [0.25, 0.3) is 32.9 Å². The molecular formula is C31H33N7O3. The van der Waals surface area contributed by atoms with Crippen LogP contribution < -0.4 is 25.7 Å². The zero-order chi connectivity index (χ0) is 28.3. The summed E-state index contributed by atoms with van der Waals surface area (Å²) in [5.41, 5.74) is 16.4. The molecule has 1 aliphatic rings. The smallest absolute Gasteiger partial charge is 0.162 e. The van der Waals surface area contributed by atoms with Crippen molar-refractivity contribution in [2.75, 3.05) is 39.6 Å². The van der Waals surface area contributed by atoms with E-state index in [0.29, 0.717) is 41.4 Å². The van der Waals surface area contributed by atoms with E-state index in [1.807, 2.05) is 36.7 Å². The lowest BCUT2D eigenvalue weighted by Crippen LogP contribution is -2.41. The monoisotopic (exact) mass is 551 g/mol. The van der Waals surface area contributed by atoms with Gasteiger partial charge in [-0.3, -0.25) is 19.9 Å². The van der Waals surface area contributed by atoms with E-state index in [1.165, 1.54) is 5.56 Å². The number of benzene rings is 1. The number of nitrogens with two attached hydrogens (primary N) is 2. The van der Waals surface area contributed by atoms with E-state index in [1.54, 1.807) is 32.8 Å². The van der Waals surface area contributed by atoms with Crippen LogP contribution in [0.5, 0.6) is 17.2 Å². The Hall–Kier alpha value is -4.54. The van der Waals surface area contributed by atoms with E-state index < -0.39 is 0 Å². The maximum absolute atomic E-state index is 6.52. The molecule has 4 aromatic heterocycles. The molecule has 4 N–H and O–H groups in total. The largest absolute Gasteiger partial charge is 0.493 e. The summed E-state index contributed by atoms with van der Waals surface area (Å²) in [5, 5.41) is 2.54. The Kier molecular flexibility index (Phi) is 7.49. The molecule has 0 bridgehead atoms. The van der Waals surface area contributed by atoms with Crippen LogP contribution in [0.4, 0.5) is 5.82 Å². The van der Waals surface area contributed by atoms with Gasteiger partial charge < -0.3 is 25.7 Å². The van der Waals surface area contributed by atoms with Crippen LogP contribution >= 0.6 is 0 Å². The van der Waals surface area contributed by atoms with Gasteiger partial charge in [-0.25, -0.2) is 4.98 Å². The van der Waals surface area contributed by atoms with Crippen LogP contribution in [0.3, 0.4) is 0 Å². The molecule has 0 spiro atoms. The van der Waals surface area contributed by atoms with Gasteiger partial charge in [-0.1, -0.05) is 0 Å². The molecule has 1 aromatic carbocycles. The molecule has 210 valence electrons. The molecule has 0 amide bonds. The van der Waals surface area contributed by atoms with E-state index in [4.69, 9.17) is 25.7 Å². The van der Waals surface area contributed by atoms with Crippen LogP contribution in [0.1, 0.15) is 24.4 Å². The van der Waals surface area contributed by atoms with Crippen LogP contribution in [-0.4, -0.2) is 64.8 Å². The standard InChI is InChI=1S/C31H33N7O3/c1-39-29-12-24-23-11-26(37-31(33)25(23)16-36-27(24)13-30(29)40-2)20-10-22(15-35-14-20)41-18-21(32)17-38-9-3-4-28(38)19-5-7-34-8-6-19/h5-8,10-16,21,28H,3-4,9,17-18,32H2,1-2H3,(H2,33,37)/t21-,28?/m0/s1. The van der Waals surface area contributed by atoms with E-state index in [2.05, 4.69) is 37.0 Å². The predicted molar refractivity (Wildman–Crippen MR) is 159 cm³/mol. The molecule has 2 atom stereocenters. The maximum Gasteiger partial charge on any atom is 0.162 e. The van der Waals surface area contributed by atoms with Gasteiger partial charge in [0, 0.05) is 59.8 Å². The highest BCUT2D eigenvalue weighted by Crippen LogP contribution is 2.37. The number of pyridine rings is 4. The summed E-state index contributed by atoms with van der Waals surface area (Å²) in [4.78, 5) is 20.2. The van der Waals surface area contributed by atoms with Crippen molar-refractivity contribution in [1.82, 2.24) is 24.8 Å². The van der Waals surface area contributed by atoms with Gasteiger partial charge in [0.1, 0.15) is 18.2 Å². The second-order valence-electron chi connectivity index (χ2n) is 10.3. The Balaban J connectivity index is 1.21. The minimum Gasteiger partial charge on any atom is -0.493 e. The second-order valence-corrected chi connectivity index (χ2v) is 10.3. The van der Waals surface area contributed by atoms with Crippen molar-refractivity contribution in [2.24, 2.45) is 5.73 Å². The number of likely N-dealkylation sites (tertiary alicyclic amines) is 1. The van der Waals surface area contributed by atoms with E-state index in [9.17, 15) is 0 Å². The first-order valence-electron chi connectivity index (χ1n) is 13.6. The molecule has 0 saturated carbocycles. The van der Waals surface area contributed by atoms with Gasteiger partial charge in [0.25, 0.3) is 0 Å². The maximum atomic E-state index is 6.52. The van der Waals surface area contributed by atoms with E-state index >= 15 is 0 Å². The molecule has 5 aromatic rings. The zero-order valence-corrected chi connectivity index (χ0v) is 23.2. The SMILES string of the molecule is COc1cc2ncc3c(N)nc(-c4cncc(OC[C@@H](N)CN5CCCC5c5ccncc5)c4)cc3c2cc1OC. The highest BCUT2D eigenvalue weighted by Gasteiger charge is 2.27. The first-order valence-corrected chi connectivity index (χ1v) is 13.6. The lowest BCUT2D eigenvalue weighted by molar-refractivity contribution is 0.201. The number of nitrogens with zero attached hydrogens (tertiary/aromatic N) is 5. The Labute approximate surface area is 238 Å². The van der Waals surface area contributed by atoms with Gasteiger partial charge in [0.05, 0.1) is 37.7 Å². The highest BCUT2D eigenvalue weighted by molar-refractivity contribution is 6.10. The minimum atomic E-state index is -0.152. The third kappa shape index (κ3) is 5.44. The average Bonchev–Trinajstić information content (AvgIpc) is 3.47. The first kappa shape index (κ1) is 26.7.